The lowest BCUT2D eigenvalue weighted by molar-refractivity contribution is -0.129. The zero-order valence-electron chi connectivity index (χ0n) is 8.92. The van der Waals surface area contributed by atoms with Crippen LogP contribution in [0.1, 0.15) is 0 Å². The van der Waals surface area contributed by atoms with Crippen LogP contribution >= 0.6 is 0 Å². The monoisotopic (exact) mass is 238 g/mol. The number of esters is 2. The molecule has 0 unspecified atom stereocenters. The Morgan fingerprint density at radius 2 is 1.41 bits per heavy atom. The summed E-state index contributed by atoms with van der Waals surface area (Å²) in [6.07, 6.45) is 2.09. The fourth-order valence-corrected chi connectivity index (χ4v) is 0.917. The summed E-state index contributed by atoms with van der Waals surface area (Å²) < 4.78 is 9.69. The van der Waals surface area contributed by atoms with E-state index in [4.69, 9.17) is 9.47 Å². The van der Waals surface area contributed by atoms with Gasteiger partial charge in [0.05, 0.1) is 0 Å². The quantitative estimate of drug-likeness (QED) is 0.457. The van der Waals surface area contributed by atoms with Gasteiger partial charge in [0.2, 0.25) is 0 Å². The Morgan fingerprint density at radius 1 is 1.00 bits per heavy atom. The molecule has 1 aromatic rings. The van der Waals surface area contributed by atoms with E-state index in [1.807, 2.05) is 0 Å². The van der Waals surface area contributed by atoms with Crippen LogP contribution in [-0.4, -0.2) is 11.9 Å². The highest BCUT2D eigenvalue weighted by Crippen LogP contribution is 2.19. The van der Waals surface area contributed by atoms with E-state index in [1.54, 1.807) is 18.2 Å². The number of carbonyl (C=O) groups excluding carboxylic acids is 2. The summed E-state index contributed by atoms with van der Waals surface area (Å²) in [5, 5.41) is 0. The summed E-state index contributed by atoms with van der Waals surface area (Å²) in [6, 6.07) is 6.14. The van der Waals surface area contributed by atoms with Gasteiger partial charge in [0.1, 0.15) is 11.5 Å². The summed E-state index contributed by atoms with van der Waals surface area (Å²) in [4.78, 5) is 21.8. The maximum Gasteiger partial charge on any atom is 0.335 e. The molecule has 0 amide bonds. The van der Waals surface area contributed by atoms with E-state index >= 15 is 0 Å². The van der Waals surface area contributed by atoms with E-state index in [1.165, 1.54) is 6.07 Å². The first-order valence-corrected chi connectivity index (χ1v) is 4.44. The van der Waals surface area contributed by atoms with Gasteiger partial charge in [0, 0.05) is 18.2 Å². The molecular weight excluding hydrogens is 227 g/mol. The number of rotatable bonds is 4. The molecule has 0 spiro atoms. The minimum atomic E-state index is -0.577. The zero-order valence-corrected chi connectivity index (χ0v) is 8.92. The standard InChI is InChI=1S/C12H10O4.FH/c1-3-11(13)15-9-6-5-7-10(8-9)16-12(14)4-2;/h3-8H,1-2H2;1H. The highest BCUT2D eigenvalue weighted by Gasteiger charge is 2.03. The maximum atomic E-state index is 10.9. The van der Waals surface area contributed by atoms with E-state index < -0.39 is 11.9 Å². The van der Waals surface area contributed by atoms with Crippen molar-refractivity contribution >= 4 is 11.9 Å². The highest BCUT2D eigenvalue weighted by molar-refractivity contribution is 5.84. The van der Waals surface area contributed by atoms with Crippen LogP contribution in [0.4, 0.5) is 4.70 Å². The van der Waals surface area contributed by atoms with Gasteiger partial charge < -0.3 is 9.47 Å². The molecule has 0 heterocycles. The van der Waals surface area contributed by atoms with E-state index in [-0.39, 0.29) is 16.2 Å². The van der Waals surface area contributed by atoms with E-state index in [0.717, 1.165) is 12.2 Å². The molecule has 1 aromatic carbocycles. The van der Waals surface area contributed by atoms with E-state index in [9.17, 15) is 9.59 Å². The number of carbonyl (C=O) groups is 2. The molecule has 4 nitrogen and oxygen atoms in total. The Kier molecular flexibility index (Phi) is 5.95. The van der Waals surface area contributed by atoms with Gasteiger partial charge >= 0.3 is 11.9 Å². The van der Waals surface area contributed by atoms with Gasteiger partial charge in [0.25, 0.3) is 0 Å². The largest absolute Gasteiger partial charge is 0.423 e. The second-order valence-electron chi connectivity index (χ2n) is 2.73. The van der Waals surface area contributed by atoms with Crippen molar-refractivity contribution < 1.29 is 23.8 Å². The Balaban J connectivity index is 0.00000256. The van der Waals surface area contributed by atoms with Crippen LogP contribution in [0.25, 0.3) is 0 Å². The summed E-state index contributed by atoms with van der Waals surface area (Å²) in [6.45, 7) is 6.54. The Labute approximate surface area is 97.5 Å². The minimum absolute atomic E-state index is 0. The molecule has 0 saturated carbocycles. The van der Waals surface area contributed by atoms with Crippen molar-refractivity contribution in [3.8, 4) is 11.5 Å². The van der Waals surface area contributed by atoms with Gasteiger partial charge in [-0.15, -0.1) is 0 Å². The number of hydrogen-bond donors (Lipinski definition) is 0. The van der Waals surface area contributed by atoms with Crippen molar-refractivity contribution in [2.24, 2.45) is 0 Å². The summed E-state index contributed by atoms with van der Waals surface area (Å²) in [5.41, 5.74) is 0. The normalized spacial score (nSPS) is 8.47. The molecule has 0 bridgehead atoms. The molecule has 0 atom stereocenters. The number of benzene rings is 1. The molecule has 0 aliphatic rings. The average Bonchev–Trinajstić information content (AvgIpc) is 2.29. The Morgan fingerprint density at radius 3 is 1.76 bits per heavy atom. The van der Waals surface area contributed by atoms with Crippen LogP contribution in [0.2, 0.25) is 0 Å². The summed E-state index contributed by atoms with van der Waals surface area (Å²) in [7, 11) is 0. The average molecular weight is 238 g/mol. The van der Waals surface area contributed by atoms with Crippen LogP contribution in [0, 0.1) is 0 Å². The third kappa shape index (κ3) is 4.74. The first kappa shape index (κ1) is 14.6. The lowest BCUT2D eigenvalue weighted by atomic mass is 10.3. The molecule has 0 N–H and O–H groups in total. The Bertz CT molecular complexity index is 403. The smallest absolute Gasteiger partial charge is 0.335 e. The first-order chi connectivity index (χ1) is 7.65. The first-order valence-electron chi connectivity index (χ1n) is 4.44. The SMILES string of the molecule is C=CC(=O)Oc1cccc(OC(=O)C=C)c1.F. The predicted molar refractivity (Wildman–Crippen MR) is 60.6 cm³/mol. The van der Waals surface area contributed by atoms with Crippen LogP contribution in [0.15, 0.2) is 49.6 Å². The molecule has 90 valence electrons. The molecule has 5 heteroatoms. The molecule has 0 radical (unpaired) electrons. The summed E-state index contributed by atoms with van der Waals surface area (Å²) in [5.74, 6) is -0.599. The Hall–Kier alpha value is -2.43. The second kappa shape index (κ2) is 6.95. The van der Waals surface area contributed by atoms with Crippen LogP contribution in [0.3, 0.4) is 0 Å². The lowest BCUT2D eigenvalue weighted by Gasteiger charge is -2.04. The molecule has 0 aliphatic heterocycles. The number of ether oxygens (including phenoxy) is 2. The third-order valence-corrected chi connectivity index (χ3v) is 1.58. The number of hydrogen-bond acceptors (Lipinski definition) is 4. The molecule has 0 fully saturated rings. The van der Waals surface area contributed by atoms with Gasteiger partial charge in [-0.25, -0.2) is 9.59 Å². The van der Waals surface area contributed by atoms with Crippen LogP contribution in [0.5, 0.6) is 11.5 Å². The lowest BCUT2D eigenvalue weighted by Crippen LogP contribution is -2.05. The molecular formula is C12H11FO4. The van der Waals surface area contributed by atoms with Crippen molar-refractivity contribution in [2.45, 2.75) is 0 Å². The minimum Gasteiger partial charge on any atom is -0.423 e. The molecule has 0 aromatic heterocycles. The van der Waals surface area contributed by atoms with Crippen molar-refractivity contribution in [1.82, 2.24) is 0 Å². The molecule has 0 aliphatic carbocycles. The van der Waals surface area contributed by atoms with E-state index in [0.29, 0.717) is 0 Å². The third-order valence-electron chi connectivity index (χ3n) is 1.58. The fraction of sp³-hybridized carbons (Fsp3) is 0. The molecule has 17 heavy (non-hydrogen) atoms. The van der Waals surface area contributed by atoms with Crippen LogP contribution < -0.4 is 9.47 Å². The van der Waals surface area contributed by atoms with Gasteiger partial charge in [-0.2, -0.15) is 0 Å². The topological polar surface area (TPSA) is 52.6 Å². The van der Waals surface area contributed by atoms with Crippen molar-refractivity contribution in [2.75, 3.05) is 0 Å². The molecule has 0 saturated heterocycles. The maximum absolute atomic E-state index is 10.9. The van der Waals surface area contributed by atoms with Crippen molar-refractivity contribution in [1.29, 1.82) is 0 Å². The van der Waals surface area contributed by atoms with Gasteiger partial charge in [-0.05, 0) is 12.1 Å². The van der Waals surface area contributed by atoms with Crippen molar-refractivity contribution in [3.63, 3.8) is 0 Å². The zero-order chi connectivity index (χ0) is 12.0. The van der Waals surface area contributed by atoms with Gasteiger partial charge in [-0.3, -0.25) is 4.70 Å². The second-order valence-corrected chi connectivity index (χ2v) is 2.73. The fourth-order valence-electron chi connectivity index (χ4n) is 0.917. The highest BCUT2D eigenvalue weighted by atomic mass is 19.0. The van der Waals surface area contributed by atoms with E-state index in [2.05, 4.69) is 13.2 Å². The molecule has 1 rings (SSSR count). The van der Waals surface area contributed by atoms with Gasteiger partial charge in [0.15, 0.2) is 0 Å². The number of halogens is 1. The van der Waals surface area contributed by atoms with Crippen LogP contribution in [-0.2, 0) is 9.59 Å². The predicted octanol–water partition coefficient (Wildman–Crippen LogP) is 2.02. The van der Waals surface area contributed by atoms with Crippen molar-refractivity contribution in [3.05, 3.63) is 49.6 Å². The van der Waals surface area contributed by atoms with Gasteiger partial charge in [-0.1, -0.05) is 19.2 Å². The summed E-state index contributed by atoms with van der Waals surface area (Å²) >= 11 is 0.